The van der Waals surface area contributed by atoms with E-state index < -0.39 is 11.8 Å². The molecule has 0 atom stereocenters. The van der Waals surface area contributed by atoms with Crippen LogP contribution in [0.3, 0.4) is 0 Å². The lowest BCUT2D eigenvalue weighted by Gasteiger charge is -2.12. The fourth-order valence-corrected chi connectivity index (χ4v) is 1.97. The lowest BCUT2D eigenvalue weighted by molar-refractivity contribution is -0.154. The van der Waals surface area contributed by atoms with Crippen molar-refractivity contribution in [3.63, 3.8) is 0 Å². The van der Waals surface area contributed by atoms with Crippen LogP contribution in [0.25, 0.3) is 5.70 Å². The van der Waals surface area contributed by atoms with Crippen LogP contribution < -0.4 is 5.32 Å². The highest BCUT2D eigenvalue weighted by molar-refractivity contribution is 6.39. The topological polar surface area (TPSA) is 75.6 Å². The van der Waals surface area contributed by atoms with Crippen LogP contribution in [0.5, 0.6) is 5.75 Å². The van der Waals surface area contributed by atoms with Crippen molar-refractivity contribution in [1.82, 2.24) is 0 Å². The molecule has 0 fully saturated rings. The van der Waals surface area contributed by atoms with Crippen molar-refractivity contribution in [2.75, 3.05) is 5.32 Å². The Hall–Kier alpha value is -3.08. The van der Waals surface area contributed by atoms with Gasteiger partial charge in [-0.2, -0.15) is 0 Å². The van der Waals surface area contributed by atoms with E-state index in [1.807, 2.05) is 30.3 Å². The maximum Gasteiger partial charge on any atom is 0.379 e. The van der Waals surface area contributed by atoms with Crippen LogP contribution in [0.15, 0.2) is 60.7 Å². The molecule has 0 radical (unpaired) electrons. The summed E-state index contributed by atoms with van der Waals surface area (Å²) in [5.74, 6) is -1.50. The smallest absolute Gasteiger partial charge is 0.379 e. The monoisotopic (exact) mass is 325 g/mol. The van der Waals surface area contributed by atoms with E-state index in [9.17, 15) is 14.7 Å². The Morgan fingerprint density at radius 1 is 1.04 bits per heavy atom. The summed E-state index contributed by atoms with van der Waals surface area (Å²) in [5, 5.41) is 12.4. The second kappa shape index (κ2) is 7.97. The maximum atomic E-state index is 12.1. The molecule has 0 unspecified atom stereocenters. The van der Waals surface area contributed by atoms with Crippen LogP contribution in [0.4, 0.5) is 5.69 Å². The third kappa shape index (κ3) is 4.98. The fraction of sp³-hybridized carbons (Fsp3) is 0.158. The summed E-state index contributed by atoms with van der Waals surface area (Å²) in [4.78, 5) is 23.8. The zero-order chi connectivity index (χ0) is 17.5. The molecule has 0 aliphatic rings. The van der Waals surface area contributed by atoms with Gasteiger partial charge in [0.1, 0.15) is 5.75 Å². The number of esters is 1. The van der Waals surface area contributed by atoms with Crippen molar-refractivity contribution in [3.8, 4) is 5.75 Å². The number of rotatable bonds is 6. The van der Waals surface area contributed by atoms with E-state index in [2.05, 4.69) is 5.32 Å². The van der Waals surface area contributed by atoms with Gasteiger partial charge in [0.2, 0.25) is 0 Å². The van der Waals surface area contributed by atoms with Crippen molar-refractivity contribution in [3.05, 3.63) is 66.2 Å². The summed E-state index contributed by atoms with van der Waals surface area (Å²) < 4.78 is 4.92. The molecule has 0 spiro atoms. The Bertz CT molecular complexity index is 734. The van der Waals surface area contributed by atoms with Gasteiger partial charge in [0.05, 0.1) is 6.10 Å². The quantitative estimate of drug-likeness (QED) is 0.369. The number of benzene rings is 2. The lowest BCUT2D eigenvalue weighted by atomic mass is 10.1. The molecule has 0 aromatic heterocycles. The molecule has 5 nitrogen and oxygen atoms in total. The second-order valence-corrected chi connectivity index (χ2v) is 5.41. The first kappa shape index (κ1) is 17.3. The number of phenolic OH excluding ortho intramolecular Hbond substituents is 1. The molecule has 2 aromatic rings. The standard InChI is InChI=1S/C19H19NO4/c1-13(2)24-19(23)18(22)12-17(14-6-4-3-5-7-14)20-15-8-10-16(21)11-9-15/h3-13,20-21H,1-2H3. The molecular formula is C19H19NO4. The number of ether oxygens (including phenoxy) is 1. The number of hydrogen-bond donors (Lipinski definition) is 2. The van der Waals surface area contributed by atoms with Crippen molar-refractivity contribution >= 4 is 23.1 Å². The third-order valence-electron chi connectivity index (χ3n) is 3.05. The minimum atomic E-state index is -0.897. The molecule has 2 aromatic carbocycles. The van der Waals surface area contributed by atoms with Gasteiger partial charge < -0.3 is 15.2 Å². The van der Waals surface area contributed by atoms with Crippen LogP contribution >= 0.6 is 0 Å². The van der Waals surface area contributed by atoms with Gasteiger partial charge in [-0.1, -0.05) is 30.3 Å². The molecule has 0 saturated carbocycles. The van der Waals surface area contributed by atoms with Gasteiger partial charge in [-0.05, 0) is 43.7 Å². The Labute approximate surface area is 140 Å². The molecule has 0 heterocycles. The van der Waals surface area contributed by atoms with Gasteiger partial charge in [-0.3, -0.25) is 4.79 Å². The molecule has 5 heteroatoms. The van der Waals surface area contributed by atoms with E-state index in [-0.39, 0.29) is 11.9 Å². The Kier molecular flexibility index (Phi) is 5.73. The van der Waals surface area contributed by atoms with Gasteiger partial charge in [0, 0.05) is 17.5 Å². The Balaban J connectivity index is 2.29. The third-order valence-corrected chi connectivity index (χ3v) is 3.05. The molecule has 2 N–H and O–H groups in total. The zero-order valence-corrected chi connectivity index (χ0v) is 13.5. The average molecular weight is 325 g/mol. The first-order chi connectivity index (χ1) is 11.5. The molecular weight excluding hydrogens is 306 g/mol. The van der Waals surface area contributed by atoms with Crippen LogP contribution in [0.1, 0.15) is 19.4 Å². The lowest BCUT2D eigenvalue weighted by Crippen LogP contribution is -2.20. The van der Waals surface area contributed by atoms with Crippen molar-refractivity contribution in [2.24, 2.45) is 0 Å². The average Bonchev–Trinajstić information content (AvgIpc) is 2.56. The minimum absolute atomic E-state index is 0.141. The first-order valence-corrected chi connectivity index (χ1v) is 7.54. The second-order valence-electron chi connectivity index (χ2n) is 5.41. The van der Waals surface area contributed by atoms with Crippen LogP contribution in [-0.4, -0.2) is 23.0 Å². The first-order valence-electron chi connectivity index (χ1n) is 7.54. The number of phenols is 1. The van der Waals surface area contributed by atoms with Crippen LogP contribution in [0.2, 0.25) is 0 Å². The Morgan fingerprint density at radius 3 is 2.25 bits per heavy atom. The number of ketones is 1. The molecule has 0 bridgehead atoms. The number of carbonyl (C=O) groups is 2. The van der Waals surface area contributed by atoms with Gasteiger partial charge >= 0.3 is 5.97 Å². The molecule has 2 rings (SSSR count). The summed E-state index contributed by atoms with van der Waals surface area (Å²) in [6.45, 7) is 3.36. The van der Waals surface area contributed by atoms with E-state index in [0.29, 0.717) is 11.4 Å². The van der Waals surface area contributed by atoms with E-state index in [1.165, 1.54) is 18.2 Å². The largest absolute Gasteiger partial charge is 0.508 e. The van der Waals surface area contributed by atoms with Crippen molar-refractivity contribution in [1.29, 1.82) is 0 Å². The minimum Gasteiger partial charge on any atom is -0.508 e. The number of anilines is 1. The van der Waals surface area contributed by atoms with E-state index in [0.717, 1.165) is 5.56 Å². The molecule has 0 aliphatic heterocycles. The highest BCUT2D eigenvalue weighted by Gasteiger charge is 2.16. The number of carbonyl (C=O) groups excluding carboxylic acids is 2. The number of hydrogen-bond acceptors (Lipinski definition) is 5. The van der Waals surface area contributed by atoms with Gasteiger partial charge in [0.25, 0.3) is 5.78 Å². The number of nitrogens with one attached hydrogen (secondary N) is 1. The van der Waals surface area contributed by atoms with Crippen LogP contribution in [0, 0.1) is 0 Å². The van der Waals surface area contributed by atoms with E-state index in [4.69, 9.17) is 4.74 Å². The molecule has 24 heavy (non-hydrogen) atoms. The summed E-state index contributed by atoms with van der Waals surface area (Å²) in [6.07, 6.45) is 0.854. The summed E-state index contributed by atoms with van der Waals surface area (Å²) >= 11 is 0. The van der Waals surface area contributed by atoms with E-state index in [1.54, 1.807) is 26.0 Å². The van der Waals surface area contributed by atoms with Gasteiger partial charge in [-0.15, -0.1) is 0 Å². The highest BCUT2D eigenvalue weighted by atomic mass is 16.5. The zero-order valence-electron chi connectivity index (χ0n) is 13.5. The summed E-state index contributed by atoms with van der Waals surface area (Å²) in [7, 11) is 0. The van der Waals surface area contributed by atoms with Crippen molar-refractivity contribution < 1.29 is 19.4 Å². The van der Waals surface area contributed by atoms with E-state index >= 15 is 0 Å². The maximum absolute atomic E-state index is 12.1. The predicted molar refractivity (Wildman–Crippen MR) is 92.4 cm³/mol. The van der Waals surface area contributed by atoms with Gasteiger partial charge in [0.15, 0.2) is 0 Å². The molecule has 0 amide bonds. The van der Waals surface area contributed by atoms with Gasteiger partial charge in [-0.25, -0.2) is 4.79 Å². The molecule has 0 saturated heterocycles. The van der Waals surface area contributed by atoms with Crippen LogP contribution in [-0.2, 0) is 14.3 Å². The SMILES string of the molecule is CC(C)OC(=O)C(=O)C=C(Nc1ccc(O)cc1)c1ccccc1. The summed E-state index contributed by atoms with van der Waals surface area (Å²) in [6, 6.07) is 15.6. The van der Waals surface area contributed by atoms with Crippen molar-refractivity contribution in [2.45, 2.75) is 20.0 Å². The highest BCUT2D eigenvalue weighted by Crippen LogP contribution is 2.20. The Morgan fingerprint density at radius 2 is 1.67 bits per heavy atom. The molecule has 0 aliphatic carbocycles. The normalized spacial score (nSPS) is 11.2. The molecule has 124 valence electrons. The number of aromatic hydroxyl groups is 1. The summed E-state index contributed by atoms with van der Waals surface area (Å²) in [5.41, 5.74) is 1.89. The fourth-order valence-electron chi connectivity index (χ4n) is 1.97. The predicted octanol–water partition coefficient (Wildman–Crippen LogP) is 3.37.